The van der Waals surface area contributed by atoms with E-state index in [1.807, 2.05) is 12.1 Å². The maximum Gasteiger partial charge on any atom is 0.417 e. The van der Waals surface area contributed by atoms with Crippen LogP contribution in [-0.2, 0) is 11.0 Å². The highest BCUT2D eigenvalue weighted by Gasteiger charge is 2.32. The number of pyridine rings is 2. The monoisotopic (exact) mass is 634 g/mol. The lowest BCUT2D eigenvalue weighted by atomic mass is 10.1. The maximum absolute atomic E-state index is 13.3. The maximum atomic E-state index is 13.3. The van der Waals surface area contributed by atoms with Crippen LogP contribution in [0, 0.1) is 5.21 Å². The molecule has 0 radical (unpaired) electrons. The lowest BCUT2D eigenvalue weighted by Crippen LogP contribution is -2.24. The molecule has 0 saturated carbocycles. The van der Waals surface area contributed by atoms with Gasteiger partial charge in [0.1, 0.15) is 5.75 Å². The molecule has 3 amide bonds. The Balaban J connectivity index is 1.10. The number of benzene rings is 1. The molecule has 5 aromatic rings. The van der Waals surface area contributed by atoms with Gasteiger partial charge in [-0.3, -0.25) is 14.7 Å². The van der Waals surface area contributed by atoms with Gasteiger partial charge in [-0.05, 0) is 48.4 Å². The highest BCUT2D eigenvalue weighted by molar-refractivity contribution is 7.19. The van der Waals surface area contributed by atoms with Crippen molar-refractivity contribution in [3.05, 3.63) is 90.4 Å². The summed E-state index contributed by atoms with van der Waals surface area (Å²) in [7, 11) is 0. The summed E-state index contributed by atoms with van der Waals surface area (Å²) in [6, 6.07) is 9.81. The molecule has 0 spiro atoms. The first kappa shape index (κ1) is 29.4. The summed E-state index contributed by atoms with van der Waals surface area (Å²) < 4.78 is 46.2. The van der Waals surface area contributed by atoms with E-state index >= 15 is 0 Å². The number of carbonyl (C=O) groups is 2. The smallest absolute Gasteiger partial charge is 0.417 e. The van der Waals surface area contributed by atoms with Crippen LogP contribution in [0.4, 0.5) is 34.5 Å². The topological polar surface area (TPSA) is 149 Å². The minimum absolute atomic E-state index is 0.0133. The van der Waals surface area contributed by atoms with Crippen molar-refractivity contribution in [3.8, 4) is 33.5 Å². The summed E-state index contributed by atoms with van der Waals surface area (Å²) in [4.78, 5) is 43.6. The number of aromatic nitrogens is 5. The number of thiazole rings is 1. The Morgan fingerprint density at radius 2 is 1.78 bits per heavy atom. The van der Waals surface area contributed by atoms with Crippen LogP contribution in [0.1, 0.15) is 18.4 Å². The molecule has 4 aromatic heterocycles. The molecule has 1 aliphatic rings. The Morgan fingerprint density at radius 1 is 1.00 bits per heavy atom. The first-order valence-corrected chi connectivity index (χ1v) is 14.1. The minimum Gasteiger partial charge on any atom is -0.619 e. The number of carbonyl (C=O) groups excluding carboxylic acids is 2. The van der Waals surface area contributed by atoms with Crippen LogP contribution in [0.15, 0.2) is 79.6 Å². The second-order valence-corrected chi connectivity index (χ2v) is 10.7. The fourth-order valence-electron chi connectivity index (χ4n) is 4.42. The molecule has 6 rings (SSSR count). The third-order valence-corrected chi connectivity index (χ3v) is 7.61. The van der Waals surface area contributed by atoms with E-state index in [0.29, 0.717) is 34.8 Å². The van der Waals surface area contributed by atoms with Gasteiger partial charge < -0.3 is 20.6 Å². The van der Waals surface area contributed by atoms with Crippen LogP contribution in [0.2, 0.25) is 0 Å². The molecule has 1 aromatic carbocycles. The number of ether oxygens (including phenoxy) is 1. The van der Waals surface area contributed by atoms with Crippen LogP contribution in [0.3, 0.4) is 0 Å². The lowest BCUT2D eigenvalue weighted by molar-refractivity contribution is -0.604. The fraction of sp³-hybridized carbons (Fsp3) is 0.138. The van der Waals surface area contributed by atoms with Crippen LogP contribution in [-0.4, -0.2) is 38.4 Å². The molecule has 5 heterocycles. The first-order chi connectivity index (χ1) is 21.6. The average molecular weight is 635 g/mol. The molecular formula is C29H21F3N8O4S. The van der Waals surface area contributed by atoms with Gasteiger partial charge in [0, 0.05) is 31.4 Å². The first-order valence-electron chi connectivity index (χ1n) is 13.3. The molecule has 12 nitrogen and oxygen atoms in total. The van der Waals surface area contributed by atoms with E-state index in [-0.39, 0.29) is 34.5 Å². The summed E-state index contributed by atoms with van der Waals surface area (Å²) in [6.07, 6.45) is 3.83. The van der Waals surface area contributed by atoms with Gasteiger partial charge in [-0.15, -0.1) is 0 Å². The Labute approximate surface area is 256 Å². The normalized spacial score (nSPS) is 13.1. The molecule has 0 aliphatic carbocycles. The quantitative estimate of drug-likeness (QED) is 0.167. The average Bonchev–Trinajstić information content (AvgIpc) is 3.67. The molecule has 1 saturated heterocycles. The summed E-state index contributed by atoms with van der Waals surface area (Å²) in [5.74, 6) is 0.521. The second-order valence-electron chi connectivity index (χ2n) is 9.69. The van der Waals surface area contributed by atoms with Crippen LogP contribution in [0.5, 0.6) is 11.8 Å². The van der Waals surface area contributed by atoms with Gasteiger partial charge in [0.25, 0.3) is 0 Å². The van der Waals surface area contributed by atoms with Crippen molar-refractivity contribution >= 4 is 39.8 Å². The molecule has 45 heavy (non-hydrogen) atoms. The zero-order chi connectivity index (χ0) is 31.6. The van der Waals surface area contributed by atoms with Gasteiger partial charge in [0.05, 0.1) is 45.5 Å². The SMILES string of the molecule is O=C(Nc1cnc(Oc2ccc(-c3cnc(N4CCCC4=O)s3)cc2)nc1)Nc1cc(C(F)(F)F)cnc1-c1ccc[n+]([O-])c1. The van der Waals surface area contributed by atoms with Crippen molar-refractivity contribution in [1.29, 1.82) is 0 Å². The van der Waals surface area contributed by atoms with E-state index < -0.39 is 17.8 Å². The largest absolute Gasteiger partial charge is 0.619 e. The van der Waals surface area contributed by atoms with Crippen molar-refractivity contribution in [3.63, 3.8) is 0 Å². The zero-order valence-corrected chi connectivity index (χ0v) is 23.8. The van der Waals surface area contributed by atoms with Gasteiger partial charge in [-0.25, -0.2) is 19.7 Å². The van der Waals surface area contributed by atoms with Gasteiger partial charge in [0.15, 0.2) is 17.5 Å². The van der Waals surface area contributed by atoms with Crippen LogP contribution in [0.25, 0.3) is 21.7 Å². The number of hydrogen-bond donors (Lipinski definition) is 2. The van der Waals surface area contributed by atoms with Gasteiger partial charge in [-0.2, -0.15) is 17.9 Å². The molecule has 0 atom stereocenters. The number of halogens is 3. The number of urea groups is 1. The van der Waals surface area contributed by atoms with Gasteiger partial charge in [-0.1, -0.05) is 11.3 Å². The number of nitrogens with zero attached hydrogens (tertiary/aromatic N) is 6. The minimum atomic E-state index is -4.71. The van der Waals surface area contributed by atoms with Crippen LogP contribution < -0.4 is 25.0 Å². The third kappa shape index (κ3) is 6.80. The number of nitrogens with one attached hydrogen (secondary N) is 2. The summed E-state index contributed by atoms with van der Waals surface area (Å²) in [5, 5.41) is 17.2. The molecular weight excluding hydrogens is 613 g/mol. The van der Waals surface area contributed by atoms with Crippen LogP contribution >= 0.6 is 11.3 Å². The molecule has 0 bridgehead atoms. The van der Waals surface area contributed by atoms with E-state index in [2.05, 4.69) is 30.6 Å². The van der Waals surface area contributed by atoms with E-state index in [9.17, 15) is 28.0 Å². The Hall–Kier alpha value is -5.64. The van der Waals surface area contributed by atoms with Crippen molar-refractivity contribution in [2.45, 2.75) is 19.0 Å². The van der Waals surface area contributed by atoms with E-state index in [4.69, 9.17) is 4.74 Å². The third-order valence-electron chi connectivity index (χ3n) is 6.54. The molecule has 2 N–H and O–H groups in total. The van der Waals surface area contributed by atoms with Crippen molar-refractivity contribution in [1.82, 2.24) is 19.9 Å². The Bertz CT molecular complexity index is 1870. The summed E-state index contributed by atoms with van der Waals surface area (Å²) in [5.41, 5.74) is -0.164. The summed E-state index contributed by atoms with van der Waals surface area (Å²) >= 11 is 1.43. The predicted molar refractivity (Wildman–Crippen MR) is 158 cm³/mol. The highest BCUT2D eigenvalue weighted by Crippen LogP contribution is 2.35. The number of rotatable bonds is 7. The van der Waals surface area contributed by atoms with Gasteiger partial charge >= 0.3 is 18.2 Å². The van der Waals surface area contributed by atoms with E-state index in [0.717, 1.165) is 29.1 Å². The molecule has 0 unspecified atom stereocenters. The number of amides is 3. The fourth-order valence-corrected chi connectivity index (χ4v) is 5.39. The molecule has 1 fully saturated rings. The van der Waals surface area contributed by atoms with Crippen molar-refractivity contribution in [2.75, 3.05) is 22.1 Å². The lowest BCUT2D eigenvalue weighted by Gasteiger charge is -2.14. The predicted octanol–water partition coefficient (Wildman–Crippen LogP) is 5.88. The molecule has 228 valence electrons. The number of alkyl halides is 3. The Kier molecular flexibility index (Phi) is 7.95. The highest BCUT2D eigenvalue weighted by atomic mass is 32.1. The van der Waals surface area contributed by atoms with Crippen molar-refractivity contribution in [2.24, 2.45) is 0 Å². The second kappa shape index (κ2) is 12.2. The van der Waals surface area contributed by atoms with E-state index in [1.165, 1.54) is 42.1 Å². The molecule has 16 heteroatoms. The number of anilines is 3. The summed E-state index contributed by atoms with van der Waals surface area (Å²) in [6.45, 7) is 0.670. The van der Waals surface area contributed by atoms with Crippen molar-refractivity contribution < 1.29 is 32.2 Å². The standard InChI is InChI=1S/C29H21F3N8O4S/c30-29(31,32)19-11-22(25(33-12-19)18-3-1-9-39(43)16-18)38-26(42)37-20-13-34-27(35-14-20)44-21-7-5-17(6-8-21)23-15-36-28(45-23)40-10-2-4-24(40)41/h1,3,5-9,11-16H,2,4,10H2,(H2,37,38,42). The van der Waals surface area contributed by atoms with E-state index in [1.54, 1.807) is 23.2 Å². The molecule has 1 aliphatic heterocycles. The Morgan fingerprint density at radius 3 is 2.47 bits per heavy atom. The van der Waals surface area contributed by atoms with Gasteiger partial charge in [0.2, 0.25) is 5.91 Å². The zero-order valence-electron chi connectivity index (χ0n) is 23.0. The number of hydrogen-bond acceptors (Lipinski definition) is 9.